The molecule has 5 nitrogen and oxygen atoms in total. The van der Waals surface area contributed by atoms with E-state index in [4.69, 9.17) is 5.73 Å². The second-order valence-corrected chi connectivity index (χ2v) is 4.48. The number of primary amides is 1. The van der Waals surface area contributed by atoms with Crippen molar-refractivity contribution in [2.24, 2.45) is 5.73 Å². The first-order valence-corrected chi connectivity index (χ1v) is 5.91. The number of rotatable bonds is 3. The minimum Gasteiger partial charge on any atom is -0.351 e. The van der Waals surface area contributed by atoms with E-state index in [-0.39, 0.29) is 0 Å². The summed E-state index contributed by atoms with van der Waals surface area (Å²) < 4.78 is 17.8. The molecule has 3 N–H and O–H groups in total. The molecule has 18 heavy (non-hydrogen) atoms. The number of imidazole rings is 1. The number of aryl methyl sites for hydroxylation is 1. The predicted octanol–water partition coefficient (Wildman–Crippen LogP) is 2.00. The van der Waals surface area contributed by atoms with Crippen LogP contribution in [0.1, 0.15) is 5.69 Å². The molecule has 2 rings (SSSR count). The maximum atomic E-state index is 13.9. The Morgan fingerprint density at radius 2 is 2.33 bits per heavy atom. The Labute approximate surface area is 107 Å². The molecule has 0 aliphatic heterocycles. The summed E-state index contributed by atoms with van der Waals surface area (Å²) in [5.41, 5.74) is 6.14. The largest absolute Gasteiger partial charge is 0.351 e. The average molecular weight is 266 g/mol. The number of hydrogen-bond donors (Lipinski definition) is 2. The molecular weight excluding hydrogens is 255 g/mol. The molecular formula is C11H11FN4OS. The zero-order valence-electron chi connectivity index (χ0n) is 9.55. The molecule has 2 aromatic rings. The summed E-state index contributed by atoms with van der Waals surface area (Å²) >= 11 is 0.962. The summed E-state index contributed by atoms with van der Waals surface area (Å²) in [5, 5.41) is 0. The van der Waals surface area contributed by atoms with Gasteiger partial charge in [0.1, 0.15) is 5.82 Å². The Bertz CT molecular complexity index is 584. The molecule has 94 valence electrons. The number of carbonyl (C=O) groups excluding carboxylic acids is 1. The van der Waals surface area contributed by atoms with Gasteiger partial charge in [-0.25, -0.2) is 14.2 Å². The van der Waals surface area contributed by atoms with Gasteiger partial charge in [-0.05, 0) is 37.1 Å². The topological polar surface area (TPSA) is 72.9 Å². The third-order valence-corrected chi connectivity index (χ3v) is 2.97. The molecule has 0 unspecified atom stereocenters. The summed E-state index contributed by atoms with van der Waals surface area (Å²) in [6.07, 6.45) is 3.27. The summed E-state index contributed by atoms with van der Waals surface area (Å²) in [7, 11) is 0. The van der Waals surface area contributed by atoms with E-state index in [9.17, 15) is 9.18 Å². The number of benzene rings is 1. The molecule has 0 spiro atoms. The van der Waals surface area contributed by atoms with Crippen molar-refractivity contribution < 1.29 is 9.18 Å². The fraction of sp³-hybridized carbons (Fsp3) is 0.0909. The van der Waals surface area contributed by atoms with Gasteiger partial charge in [0, 0.05) is 11.1 Å². The fourth-order valence-corrected chi connectivity index (χ4v) is 1.94. The van der Waals surface area contributed by atoms with E-state index in [2.05, 4.69) is 9.71 Å². The molecule has 0 aliphatic rings. The number of nitrogens with two attached hydrogens (primary N) is 1. The van der Waals surface area contributed by atoms with Crippen molar-refractivity contribution in [2.75, 3.05) is 0 Å². The normalized spacial score (nSPS) is 10.3. The average Bonchev–Trinajstić information content (AvgIpc) is 2.73. The van der Waals surface area contributed by atoms with Crippen LogP contribution in [0.4, 0.5) is 9.18 Å². The Morgan fingerprint density at radius 3 is 2.89 bits per heavy atom. The van der Waals surface area contributed by atoms with Gasteiger partial charge in [0.25, 0.3) is 0 Å². The Morgan fingerprint density at radius 1 is 1.56 bits per heavy atom. The van der Waals surface area contributed by atoms with Crippen molar-refractivity contribution in [3.05, 3.63) is 42.2 Å². The van der Waals surface area contributed by atoms with Crippen LogP contribution in [0.15, 0.2) is 35.6 Å². The van der Waals surface area contributed by atoms with Gasteiger partial charge in [-0.15, -0.1) is 0 Å². The number of hydrogen-bond acceptors (Lipinski definition) is 3. The highest BCUT2D eigenvalue weighted by atomic mass is 32.2. The molecule has 0 saturated carbocycles. The van der Waals surface area contributed by atoms with Crippen LogP contribution in [0.5, 0.6) is 0 Å². The third kappa shape index (κ3) is 2.80. The number of urea groups is 1. The molecule has 0 bridgehead atoms. The monoisotopic (exact) mass is 266 g/mol. The quantitative estimate of drug-likeness (QED) is 0.834. The zero-order chi connectivity index (χ0) is 13.1. The van der Waals surface area contributed by atoms with Gasteiger partial charge in [-0.1, -0.05) is 0 Å². The molecule has 0 atom stereocenters. The number of nitrogens with zero attached hydrogens (tertiary/aromatic N) is 2. The number of halogens is 1. The van der Waals surface area contributed by atoms with E-state index in [1.54, 1.807) is 29.2 Å². The maximum absolute atomic E-state index is 13.9. The predicted molar refractivity (Wildman–Crippen MR) is 66.8 cm³/mol. The lowest BCUT2D eigenvalue weighted by Crippen LogP contribution is -2.22. The highest BCUT2D eigenvalue weighted by Gasteiger charge is 2.07. The first-order chi connectivity index (χ1) is 8.56. The third-order valence-electron chi connectivity index (χ3n) is 2.18. The summed E-state index contributed by atoms with van der Waals surface area (Å²) in [6.45, 7) is 1.83. The molecule has 0 radical (unpaired) electrons. The highest BCUT2D eigenvalue weighted by Crippen LogP contribution is 2.21. The summed E-state index contributed by atoms with van der Waals surface area (Å²) in [4.78, 5) is 15.1. The molecule has 0 fully saturated rings. The molecule has 2 amide bonds. The van der Waals surface area contributed by atoms with Crippen LogP contribution in [0, 0.1) is 12.7 Å². The molecule has 0 saturated heterocycles. The van der Waals surface area contributed by atoms with Crippen LogP contribution in [-0.2, 0) is 0 Å². The molecule has 1 aromatic heterocycles. The van der Waals surface area contributed by atoms with Crippen LogP contribution in [0.25, 0.3) is 5.69 Å². The van der Waals surface area contributed by atoms with Crippen molar-refractivity contribution >= 4 is 18.0 Å². The summed E-state index contributed by atoms with van der Waals surface area (Å²) in [5.74, 6) is -0.399. The molecule has 1 heterocycles. The fourth-order valence-electron chi connectivity index (χ4n) is 1.42. The standard InChI is InChI=1S/C11H11FN4OS/c1-7-5-16(6-14-7)10-3-2-8(4-9(10)12)18-15-11(13)17/h2-6H,1H3,(H3,13,15,17). The zero-order valence-corrected chi connectivity index (χ0v) is 10.4. The highest BCUT2D eigenvalue weighted by molar-refractivity contribution is 7.98. The van der Waals surface area contributed by atoms with Crippen LogP contribution in [0.2, 0.25) is 0 Å². The lowest BCUT2D eigenvalue weighted by molar-refractivity contribution is 0.254. The Balaban J connectivity index is 2.22. The van der Waals surface area contributed by atoms with Crippen LogP contribution in [0.3, 0.4) is 0 Å². The van der Waals surface area contributed by atoms with E-state index in [0.29, 0.717) is 10.6 Å². The van der Waals surface area contributed by atoms with Gasteiger partial charge in [-0.2, -0.15) is 0 Å². The first kappa shape index (κ1) is 12.4. The number of nitrogens with one attached hydrogen (secondary N) is 1. The van der Waals surface area contributed by atoms with Crippen molar-refractivity contribution in [2.45, 2.75) is 11.8 Å². The SMILES string of the molecule is Cc1cn(-c2ccc(SNC(N)=O)cc2F)cn1. The van der Waals surface area contributed by atoms with Crippen LogP contribution >= 0.6 is 11.9 Å². The second kappa shape index (κ2) is 5.09. The Hall–Kier alpha value is -2.02. The lowest BCUT2D eigenvalue weighted by Gasteiger charge is -2.06. The maximum Gasteiger partial charge on any atom is 0.322 e. The van der Waals surface area contributed by atoms with Crippen LogP contribution < -0.4 is 10.5 Å². The number of carbonyl (C=O) groups is 1. The molecule has 1 aromatic carbocycles. The van der Waals surface area contributed by atoms with Crippen LogP contribution in [-0.4, -0.2) is 15.6 Å². The van der Waals surface area contributed by atoms with Crippen molar-refractivity contribution in [1.82, 2.24) is 14.3 Å². The Kier molecular flexibility index (Phi) is 3.52. The van der Waals surface area contributed by atoms with Gasteiger partial charge >= 0.3 is 6.03 Å². The van der Waals surface area contributed by atoms with E-state index in [0.717, 1.165) is 17.6 Å². The molecule has 7 heteroatoms. The number of aromatic nitrogens is 2. The second-order valence-electron chi connectivity index (χ2n) is 3.60. The molecule has 0 aliphatic carbocycles. The minimum absolute atomic E-state index is 0.399. The summed E-state index contributed by atoms with van der Waals surface area (Å²) in [6, 6.07) is 3.95. The minimum atomic E-state index is -0.672. The van der Waals surface area contributed by atoms with Gasteiger partial charge in [-0.3, -0.25) is 4.72 Å². The first-order valence-electron chi connectivity index (χ1n) is 5.09. The van der Waals surface area contributed by atoms with Gasteiger partial charge in [0.2, 0.25) is 0 Å². The van der Waals surface area contributed by atoms with E-state index < -0.39 is 11.8 Å². The number of amides is 2. The van der Waals surface area contributed by atoms with E-state index >= 15 is 0 Å². The lowest BCUT2D eigenvalue weighted by atomic mass is 10.3. The van der Waals surface area contributed by atoms with Crippen molar-refractivity contribution in [3.8, 4) is 5.69 Å². The van der Waals surface area contributed by atoms with E-state index in [1.807, 2.05) is 6.92 Å². The van der Waals surface area contributed by atoms with Gasteiger partial charge in [0.05, 0.1) is 17.7 Å². The van der Waals surface area contributed by atoms with Crippen molar-refractivity contribution in [1.29, 1.82) is 0 Å². The smallest absolute Gasteiger partial charge is 0.322 e. The van der Waals surface area contributed by atoms with Crippen molar-refractivity contribution in [3.63, 3.8) is 0 Å². The van der Waals surface area contributed by atoms with Gasteiger partial charge < -0.3 is 10.3 Å². The van der Waals surface area contributed by atoms with Gasteiger partial charge in [0.15, 0.2) is 0 Å². The van der Waals surface area contributed by atoms with E-state index in [1.165, 1.54) is 6.07 Å².